The van der Waals surface area contributed by atoms with Crippen LogP contribution in [0.3, 0.4) is 0 Å². The van der Waals surface area contributed by atoms with E-state index in [9.17, 15) is 14.9 Å². The van der Waals surface area contributed by atoms with Gasteiger partial charge in [0.25, 0.3) is 5.91 Å². The van der Waals surface area contributed by atoms with E-state index in [-0.39, 0.29) is 24.8 Å². The third kappa shape index (κ3) is 6.77. The normalized spacial score (nSPS) is 11.9. The molecule has 0 saturated heterocycles. The number of nitriles is 1. The SMILES string of the molecule is CCOC(=O)COc1ccc(C=C(C#N)C(=O)NC(C)c2ccccc2)cc1Br. The van der Waals surface area contributed by atoms with Crippen LogP contribution in [-0.2, 0) is 14.3 Å². The number of carbonyl (C=O) groups is 2. The van der Waals surface area contributed by atoms with Crippen LogP contribution >= 0.6 is 15.9 Å². The summed E-state index contributed by atoms with van der Waals surface area (Å²) in [7, 11) is 0. The summed E-state index contributed by atoms with van der Waals surface area (Å²) in [4.78, 5) is 23.9. The first-order chi connectivity index (χ1) is 13.9. The predicted octanol–water partition coefficient (Wildman–Crippen LogP) is 4.18. The predicted molar refractivity (Wildman–Crippen MR) is 113 cm³/mol. The number of ether oxygens (including phenoxy) is 2. The molecule has 0 spiro atoms. The summed E-state index contributed by atoms with van der Waals surface area (Å²) in [5.41, 5.74) is 1.57. The Hall–Kier alpha value is -3.11. The number of nitrogens with zero attached hydrogens (tertiary/aromatic N) is 1. The second-order valence-corrected chi connectivity index (χ2v) is 6.91. The van der Waals surface area contributed by atoms with E-state index >= 15 is 0 Å². The van der Waals surface area contributed by atoms with Crippen LogP contribution in [0.2, 0.25) is 0 Å². The Kier molecular flexibility index (Phi) is 8.44. The largest absolute Gasteiger partial charge is 0.481 e. The monoisotopic (exact) mass is 456 g/mol. The van der Waals surface area contributed by atoms with E-state index in [1.807, 2.05) is 43.3 Å². The Morgan fingerprint density at radius 3 is 2.59 bits per heavy atom. The van der Waals surface area contributed by atoms with Gasteiger partial charge in [-0.25, -0.2) is 4.79 Å². The topological polar surface area (TPSA) is 88.4 Å². The Balaban J connectivity index is 2.08. The minimum absolute atomic E-state index is 0.0140. The minimum Gasteiger partial charge on any atom is -0.481 e. The number of carbonyl (C=O) groups excluding carboxylic acids is 2. The van der Waals surface area contributed by atoms with Crippen molar-refractivity contribution < 1.29 is 19.1 Å². The van der Waals surface area contributed by atoms with Gasteiger partial charge in [0.15, 0.2) is 6.61 Å². The Morgan fingerprint density at radius 1 is 1.24 bits per heavy atom. The summed E-state index contributed by atoms with van der Waals surface area (Å²) >= 11 is 3.37. The van der Waals surface area contributed by atoms with E-state index in [2.05, 4.69) is 21.2 Å². The molecule has 0 aliphatic rings. The van der Waals surface area contributed by atoms with Crippen LogP contribution in [0.5, 0.6) is 5.75 Å². The molecule has 150 valence electrons. The van der Waals surface area contributed by atoms with Gasteiger partial charge in [0.1, 0.15) is 17.4 Å². The van der Waals surface area contributed by atoms with Gasteiger partial charge >= 0.3 is 5.97 Å². The maximum Gasteiger partial charge on any atom is 0.344 e. The summed E-state index contributed by atoms with van der Waals surface area (Å²) in [6, 6.07) is 16.2. The fraction of sp³-hybridized carbons (Fsp3) is 0.227. The van der Waals surface area contributed by atoms with Crippen LogP contribution in [0, 0.1) is 11.3 Å². The van der Waals surface area contributed by atoms with Gasteiger partial charge in [0.05, 0.1) is 17.1 Å². The van der Waals surface area contributed by atoms with Crippen molar-refractivity contribution in [3.8, 4) is 11.8 Å². The highest BCUT2D eigenvalue weighted by molar-refractivity contribution is 9.10. The molecule has 0 radical (unpaired) electrons. The molecule has 0 heterocycles. The molecule has 0 aliphatic heterocycles. The standard InChI is InChI=1S/C22H21BrN2O4/c1-3-28-21(26)14-29-20-10-9-16(12-19(20)23)11-18(13-24)22(27)25-15(2)17-7-5-4-6-8-17/h4-12,15H,3,14H2,1-2H3,(H,25,27). The van der Waals surface area contributed by atoms with Crippen molar-refractivity contribution in [1.82, 2.24) is 5.32 Å². The zero-order valence-corrected chi connectivity index (χ0v) is 17.7. The molecule has 1 unspecified atom stereocenters. The van der Waals surface area contributed by atoms with Crippen molar-refractivity contribution in [3.05, 3.63) is 69.7 Å². The van der Waals surface area contributed by atoms with Crippen molar-refractivity contribution in [2.75, 3.05) is 13.2 Å². The lowest BCUT2D eigenvalue weighted by Crippen LogP contribution is -2.27. The fourth-order valence-corrected chi connectivity index (χ4v) is 2.99. The van der Waals surface area contributed by atoms with Gasteiger partial charge in [0, 0.05) is 0 Å². The number of hydrogen-bond donors (Lipinski definition) is 1. The third-order valence-electron chi connectivity index (χ3n) is 3.93. The molecule has 2 aromatic rings. The van der Waals surface area contributed by atoms with Crippen molar-refractivity contribution in [3.63, 3.8) is 0 Å². The molecule has 0 aliphatic carbocycles. The van der Waals surface area contributed by atoms with Gasteiger partial charge < -0.3 is 14.8 Å². The summed E-state index contributed by atoms with van der Waals surface area (Å²) in [6.07, 6.45) is 1.49. The van der Waals surface area contributed by atoms with Crippen LogP contribution in [0.15, 0.2) is 58.6 Å². The van der Waals surface area contributed by atoms with Crippen LogP contribution in [0.1, 0.15) is 31.0 Å². The number of rotatable bonds is 8. The summed E-state index contributed by atoms with van der Waals surface area (Å²) in [5, 5.41) is 12.2. The van der Waals surface area contributed by atoms with Crippen molar-refractivity contribution in [1.29, 1.82) is 5.26 Å². The molecule has 0 fully saturated rings. The smallest absolute Gasteiger partial charge is 0.344 e. The van der Waals surface area contributed by atoms with Crippen molar-refractivity contribution in [2.45, 2.75) is 19.9 Å². The fourth-order valence-electron chi connectivity index (χ4n) is 2.48. The first kappa shape index (κ1) is 22.2. The zero-order chi connectivity index (χ0) is 21.2. The molecule has 2 rings (SSSR count). The molecular weight excluding hydrogens is 436 g/mol. The van der Waals surface area contributed by atoms with Crippen LogP contribution in [-0.4, -0.2) is 25.1 Å². The molecule has 2 aromatic carbocycles. The Labute approximate surface area is 178 Å². The Bertz CT molecular complexity index is 936. The van der Waals surface area contributed by atoms with Crippen molar-refractivity contribution in [2.24, 2.45) is 0 Å². The summed E-state index contributed by atoms with van der Waals surface area (Å²) in [5.74, 6) is -0.460. The van der Waals surface area contributed by atoms with Gasteiger partial charge in [-0.15, -0.1) is 0 Å². The van der Waals surface area contributed by atoms with E-state index < -0.39 is 11.9 Å². The van der Waals surface area contributed by atoms with Gasteiger partial charge in [0.2, 0.25) is 0 Å². The quantitative estimate of drug-likeness (QED) is 0.365. The highest BCUT2D eigenvalue weighted by Crippen LogP contribution is 2.27. The molecule has 0 aromatic heterocycles. The molecule has 29 heavy (non-hydrogen) atoms. The molecular formula is C22H21BrN2O4. The number of halogens is 1. The molecule has 0 bridgehead atoms. The minimum atomic E-state index is -0.459. The molecule has 7 heteroatoms. The Morgan fingerprint density at radius 2 is 1.97 bits per heavy atom. The van der Waals surface area contributed by atoms with E-state index in [0.717, 1.165) is 5.56 Å². The number of benzene rings is 2. The first-order valence-corrected chi connectivity index (χ1v) is 9.79. The summed E-state index contributed by atoms with van der Waals surface area (Å²) < 4.78 is 10.8. The second kappa shape index (κ2) is 11.0. The lowest BCUT2D eigenvalue weighted by Gasteiger charge is -2.14. The van der Waals surface area contributed by atoms with Crippen LogP contribution < -0.4 is 10.1 Å². The van der Waals surface area contributed by atoms with Crippen LogP contribution in [0.25, 0.3) is 6.08 Å². The highest BCUT2D eigenvalue weighted by atomic mass is 79.9. The number of hydrogen-bond acceptors (Lipinski definition) is 5. The number of nitrogens with one attached hydrogen (secondary N) is 1. The maximum atomic E-state index is 12.5. The lowest BCUT2D eigenvalue weighted by molar-refractivity contribution is -0.145. The van der Waals surface area contributed by atoms with Crippen molar-refractivity contribution >= 4 is 33.9 Å². The van der Waals surface area contributed by atoms with Crippen LogP contribution in [0.4, 0.5) is 0 Å². The number of esters is 1. The van der Waals surface area contributed by atoms with Gasteiger partial charge in [-0.1, -0.05) is 36.4 Å². The maximum absolute atomic E-state index is 12.5. The van der Waals surface area contributed by atoms with E-state index in [1.165, 1.54) is 6.08 Å². The van der Waals surface area contributed by atoms with Gasteiger partial charge in [-0.2, -0.15) is 5.26 Å². The molecule has 1 N–H and O–H groups in total. The molecule has 1 amide bonds. The molecule has 0 saturated carbocycles. The second-order valence-electron chi connectivity index (χ2n) is 6.06. The third-order valence-corrected chi connectivity index (χ3v) is 4.55. The average molecular weight is 457 g/mol. The molecule has 6 nitrogen and oxygen atoms in total. The van der Waals surface area contributed by atoms with Gasteiger partial charge in [-0.05, 0) is 59.1 Å². The van der Waals surface area contributed by atoms with Gasteiger partial charge in [-0.3, -0.25) is 4.79 Å². The molecule has 1 atom stereocenters. The lowest BCUT2D eigenvalue weighted by atomic mass is 10.1. The number of amides is 1. The van der Waals surface area contributed by atoms with E-state index in [0.29, 0.717) is 15.8 Å². The average Bonchev–Trinajstić information content (AvgIpc) is 2.72. The zero-order valence-electron chi connectivity index (χ0n) is 16.1. The first-order valence-electron chi connectivity index (χ1n) is 9.00. The highest BCUT2D eigenvalue weighted by Gasteiger charge is 2.14. The summed E-state index contributed by atoms with van der Waals surface area (Å²) in [6.45, 7) is 3.66. The van der Waals surface area contributed by atoms with E-state index in [1.54, 1.807) is 25.1 Å². The van der Waals surface area contributed by atoms with E-state index in [4.69, 9.17) is 9.47 Å².